The summed E-state index contributed by atoms with van der Waals surface area (Å²) in [5.41, 5.74) is 4.19. The van der Waals surface area contributed by atoms with Crippen molar-refractivity contribution in [1.29, 1.82) is 0 Å². The van der Waals surface area contributed by atoms with Gasteiger partial charge < -0.3 is 9.15 Å². The molecule has 1 aromatic rings. The zero-order valence-electron chi connectivity index (χ0n) is 15.3. The number of allylic oxidation sites excluding steroid dienone is 3. The van der Waals surface area contributed by atoms with Crippen LogP contribution in [0.1, 0.15) is 52.0 Å². The standard InChI is InChI=1S/C21H24O4/c1-12-5-6-15-18-17(16(22)10-21(15,3)19(23)24-4)14(9-20(12,18)2)13-7-8-25-11-13/h7-8,11-12H,5-6,9-10H2,1-4H3/t12-,20+,21+/m1/s1. The molecule has 0 fully saturated rings. The Kier molecular flexibility index (Phi) is 3.40. The van der Waals surface area contributed by atoms with Crippen LogP contribution in [0.3, 0.4) is 0 Å². The van der Waals surface area contributed by atoms with Gasteiger partial charge in [-0.1, -0.05) is 13.8 Å². The molecule has 1 heterocycles. The Morgan fingerprint density at radius 1 is 1.32 bits per heavy atom. The average molecular weight is 340 g/mol. The lowest BCUT2D eigenvalue weighted by molar-refractivity contribution is -0.151. The van der Waals surface area contributed by atoms with Crippen molar-refractivity contribution in [2.45, 2.75) is 46.5 Å². The molecule has 0 saturated carbocycles. The van der Waals surface area contributed by atoms with Crippen LogP contribution in [0.15, 0.2) is 39.7 Å². The minimum Gasteiger partial charge on any atom is -0.472 e. The largest absolute Gasteiger partial charge is 0.472 e. The number of carbonyl (C=O) groups is 2. The molecule has 3 aliphatic carbocycles. The van der Waals surface area contributed by atoms with E-state index in [0.717, 1.165) is 47.1 Å². The third-order valence-electron chi connectivity index (χ3n) is 6.85. The predicted molar refractivity (Wildman–Crippen MR) is 93.5 cm³/mol. The number of ether oxygens (including phenoxy) is 1. The number of furan rings is 1. The van der Waals surface area contributed by atoms with Crippen LogP contribution in [0.25, 0.3) is 5.57 Å². The van der Waals surface area contributed by atoms with E-state index >= 15 is 0 Å². The first kappa shape index (κ1) is 16.4. The minimum absolute atomic E-state index is 0.0562. The lowest BCUT2D eigenvalue weighted by Gasteiger charge is -2.46. The van der Waals surface area contributed by atoms with Crippen molar-refractivity contribution in [1.82, 2.24) is 0 Å². The molecule has 4 rings (SSSR count). The molecule has 4 heteroatoms. The maximum Gasteiger partial charge on any atom is 0.316 e. The molecule has 132 valence electrons. The van der Waals surface area contributed by atoms with Crippen LogP contribution in [0.2, 0.25) is 0 Å². The molecule has 0 amide bonds. The molecule has 0 aliphatic heterocycles. The zero-order valence-corrected chi connectivity index (χ0v) is 15.3. The molecule has 0 saturated heterocycles. The molecule has 0 spiro atoms. The second-order valence-electron chi connectivity index (χ2n) is 8.18. The fourth-order valence-electron chi connectivity index (χ4n) is 5.18. The molecule has 0 aromatic carbocycles. The maximum absolute atomic E-state index is 13.2. The van der Waals surface area contributed by atoms with E-state index < -0.39 is 5.41 Å². The van der Waals surface area contributed by atoms with E-state index in [-0.39, 0.29) is 23.6 Å². The summed E-state index contributed by atoms with van der Waals surface area (Å²) >= 11 is 0. The van der Waals surface area contributed by atoms with Crippen LogP contribution in [0.4, 0.5) is 0 Å². The summed E-state index contributed by atoms with van der Waals surface area (Å²) in [7, 11) is 1.41. The third kappa shape index (κ3) is 2.00. The fraction of sp³-hybridized carbons (Fsp3) is 0.524. The zero-order chi connectivity index (χ0) is 18.0. The van der Waals surface area contributed by atoms with E-state index in [1.165, 1.54) is 7.11 Å². The Morgan fingerprint density at radius 2 is 2.08 bits per heavy atom. The molecule has 25 heavy (non-hydrogen) atoms. The summed E-state index contributed by atoms with van der Waals surface area (Å²) in [5, 5.41) is 0. The van der Waals surface area contributed by atoms with Gasteiger partial charge in [0.25, 0.3) is 0 Å². The Hall–Kier alpha value is -2.10. The van der Waals surface area contributed by atoms with Crippen molar-refractivity contribution in [3.63, 3.8) is 0 Å². The number of ketones is 1. The van der Waals surface area contributed by atoms with Crippen molar-refractivity contribution >= 4 is 17.3 Å². The number of methoxy groups -OCH3 is 1. The smallest absolute Gasteiger partial charge is 0.316 e. The lowest BCUT2D eigenvalue weighted by Crippen LogP contribution is -2.43. The second kappa shape index (κ2) is 5.20. The Morgan fingerprint density at radius 3 is 2.72 bits per heavy atom. The van der Waals surface area contributed by atoms with E-state index in [1.807, 2.05) is 13.0 Å². The average Bonchev–Trinajstić information content (AvgIpc) is 3.20. The van der Waals surface area contributed by atoms with Gasteiger partial charge in [0.15, 0.2) is 5.78 Å². The molecular weight excluding hydrogens is 316 g/mol. The lowest BCUT2D eigenvalue weighted by atomic mass is 9.57. The molecule has 4 nitrogen and oxygen atoms in total. The molecular formula is C21H24O4. The summed E-state index contributed by atoms with van der Waals surface area (Å²) in [5.74, 6) is 0.218. The first-order valence-electron chi connectivity index (χ1n) is 8.94. The molecule has 3 aliphatic rings. The summed E-state index contributed by atoms with van der Waals surface area (Å²) < 4.78 is 10.4. The normalized spacial score (nSPS) is 34.4. The first-order chi connectivity index (χ1) is 11.8. The summed E-state index contributed by atoms with van der Waals surface area (Å²) in [6.07, 6.45) is 6.27. The molecule has 3 atom stereocenters. The van der Waals surface area contributed by atoms with Crippen LogP contribution >= 0.6 is 0 Å². The number of hydrogen-bond acceptors (Lipinski definition) is 4. The monoisotopic (exact) mass is 340 g/mol. The van der Waals surface area contributed by atoms with Gasteiger partial charge in [-0.2, -0.15) is 0 Å². The van der Waals surface area contributed by atoms with E-state index in [9.17, 15) is 9.59 Å². The summed E-state index contributed by atoms with van der Waals surface area (Å²) in [6, 6.07) is 1.93. The van der Waals surface area contributed by atoms with Gasteiger partial charge in [-0.05, 0) is 60.3 Å². The van der Waals surface area contributed by atoms with Crippen molar-refractivity contribution < 1.29 is 18.7 Å². The van der Waals surface area contributed by atoms with Gasteiger partial charge in [0.05, 0.1) is 25.1 Å². The molecule has 0 bridgehead atoms. The van der Waals surface area contributed by atoms with E-state index in [2.05, 4.69) is 13.8 Å². The van der Waals surface area contributed by atoms with Gasteiger partial charge in [0.1, 0.15) is 0 Å². The predicted octanol–water partition coefficient (Wildman–Crippen LogP) is 4.32. The van der Waals surface area contributed by atoms with Crippen LogP contribution in [-0.2, 0) is 14.3 Å². The highest BCUT2D eigenvalue weighted by molar-refractivity contribution is 6.12. The highest BCUT2D eigenvalue weighted by Gasteiger charge is 2.57. The Labute approximate surface area is 147 Å². The molecule has 1 aromatic heterocycles. The number of rotatable bonds is 2. The Bertz CT molecular complexity index is 826. The van der Waals surface area contributed by atoms with E-state index in [0.29, 0.717) is 5.92 Å². The second-order valence-corrected chi connectivity index (χ2v) is 8.18. The van der Waals surface area contributed by atoms with Crippen LogP contribution in [0.5, 0.6) is 0 Å². The summed E-state index contributed by atoms with van der Waals surface area (Å²) in [4.78, 5) is 25.7. The topological polar surface area (TPSA) is 56.5 Å². The van der Waals surface area contributed by atoms with Crippen molar-refractivity contribution in [3.8, 4) is 0 Å². The molecule has 0 unspecified atom stereocenters. The van der Waals surface area contributed by atoms with Gasteiger partial charge in [0, 0.05) is 17.6 Å². The van der Waals surface area contributed by atoms with E-state index in [1.54, 1.807) is 12.5 Å². The van der Waals surface area contributed by atoms with Gasteiger partial charge in [0.2, 0.25) is 0 Å². The van der Waals surface area contributed by atoms with Crippen molar-refractivity contribution in [2.75, 3.05) is 7.11 Å². The maximum atomic E-state index is 13.2. The number of Topliss-reactive ketones (excluding diaryl/α,β-unsaturated/α-hetero) is 1. The fourth-order valence-corrected chi connectivity index (χ4v) is 5.18. The van der Waals surface area contributed by atoms with Crippen molar-refractivity contribution in [3.05, 3.63) is 40.9 Å². The quantitative estimate of drug-likeness (QED) is 0.752. The molecule has 0 radical (unpaired) electrons. The Balaban J connectivity index is 2.01. The molecule has 0 N–H and O–H groups in total. The highest BCUT2D eigenvalue weighted by Crippen LogP contribution is 2.64. The van der Waals surface area contributed by atoms with Crippen LogP contribution in [0, 0.1) is 16.7 Å². The number of hydrogen-bond donors (Lipinski definition) is 0. The van der Waals surface area contributed by atoms with Gasteiger partial charge in [-0.3, -0.25) is 9.59 Å². The van der Waals surface area contributed by atoms with Gasteiger partial charge in [-0.15, -0.1) is 0 Å². The third-order valence-corrected chi connectivity index (χ3v) is 6.85. The van der Waals surface area contributed by atoms with Gasteiger partial charge in [-0.25, -0.2) is 0 Å². The summed E-state index contributed by atoms with van der Waals surface area (Å²) in [6.45, 7) is 6.38. The highest BCUT2D eigenvalue weighted by atomic mass is 16.5. The first-order valence-corrected chi connectivity index (χ1v) is 8.94. The number of esters is 1. The van der Waals surface area contributed by atoms with Crippen LogP contribution in [-0.4, -0.2) is 18.9 Å². The van der Waals surface area contributed by atoms with Crippen LogP contribution < -0.4 is 0 Å². The van der Waals surface area contributed by atoms with Gasteiger partial charge >= 0.3 is 5.97 Å². The SMILES string of the molecule is COC(=O)[C@@]1(C)CC(=O)C2=C(c3ccoc3)C[C@]3(C)C2=C1CC[C@H]3C. The van der Waals surface area contributed by atoms with Crippen molar-refractivity contribution in [2.24, 2.45) is 16.7 Å². The number of carbonyl (C=O) groups excluding carboxylic acids is 2. The minimum atomic E-state index is -0.835. The van der Waals surface area contributed by atoms with E-state index in [4.69, 9.17) is 9.15 Å².